The van der Waals surface area contributed by atoms with E-state index in [0.29, 0.717) is 5.92 Å². The van der Waals surface area contributed by atoms with Crippen molar-refractivity contribution in [2.75, 3.05) is 11.9 Å². The quantitative estimate of drug-likeness (QED) is 0.798. The first-order valence-corrected chi connectivity index (χ1v) is 7.36. The lowest BCUT2D eigenvalue weighted by Crippen LogP contribution is -2.25. The maximum absolute atomic E-state index is 12.3. The summed E-state index contributed by atoms with van der Waals surface area (Å²) in [5, 5.41) is 13.2. The Morgan fingerprint density at radius 3 is 3.10 bits per heavy atom. The average Bonchev–Trinajstić information content (AvgIpc) is 3.25. The molecule has 1 fully saturated rings. The van der Waals surface area contributed by atoms with Crippen molar-refractivity contribution in [3.8, 4) is 0 Å². The second-order valence-electron chi connectivity index (χ2n) is 5.64. The van der Waals surface area contributed by atoms with Gasteiger partial charge in [-0.2, -0.15) is 0 Å². The molecule has 1 amide bonds. The maximum atomic E-state index is 12.3. The van der Waals surface area contributed by atoms with Gasteiger partial charge >= 0.3 is 0 Å². The monoisotopic (exact) mass is 283 g/mol. The van der Waals surface area contributed by atoms with Gasteiger partial charge in [-0.3, -0.25) is 9.89 Å². The molecule has 6 nitrogen and oxygen atoms in total. The molecule has 3 N–H and O–H groups in total. The highest BCUT2D eigenvalue weighted by atomic mass is 16.2. The van der Waals surface area contributed by atoms with Crippen LogP contribution in [0.1, 0.15) is 46.3 Å². The molecule has 0 atom stereocenters. The summed E-state index contributed by atoms with van der Waals surface area (Å²) in [4.78, 5) is 16.6. The fraction of sp³-hybridized carbons (Fsp3) is 0.400. The molecule has 1 aliphatic heterocycles. The molecule has 2 heterocycles. The molecule has 4 rings (SSSR count). The van der Waals surface area contributed by atoms with E-state index in [4.69, 9.17) is 0 Å². The molecule has 0 spiro atoms. The van der Waals surface area contributed by atoms with E-state index in [2.05, 4.69) is 31.9 Å². The summed E-state index contributed by atoms with van der Waals surface area (Å²) < 4.78 is 0. The van der Waals surface area contributed by atoms with Gasteiger partial charge in [-0.25, -0.2) is 4.98 Å². The number of amides is 1. The van der Waals surface area contributed by atoms with E-state index in [0.717, 1.165) is 43.9 Å². The zero-order valence-corrected chi connectivity index (χ0v) is 11.6. The van der Waals surface area contributed by atoms with Crippen molar-refractivity contribution in [3.05, 3.63) is 41.0 Å². The fourth-order valence-corrected chi connectivity index (χ4v) is 2.74. The highest BCUT2D eigenvalue weighted by molar-refractivity contribution is 6.02. The summed E-state index contributed by atoms with van der Waals surface area (Å²) in [5.41, 5.74) is 3.33. The van der Waals surface area contributed by atoms with Crippen molar-refractivity contribution in [2.24, 2.45) is 0 Å². The molecular weight excluding hydrogens is 266 g/mol. The van der Waals surface area contributed by atoms with Crippen molar-refractivity contribution >= 4 is 11.6 Å². The Kier molecular flexibility index (Phi) is 2.96. The lowest BCUT2D eigenvalue weighted by Gasteiger charge is -2.20. The first kappa shape index (κ1) is 12.5. The van der Waals surface area contributed by atoms with E-state index in [1.54, 1.807) is 0 Å². The summed E-state index contributed by atoms with van der Waals surface area (Å²) in [5.74, 6) is 1.28. The first-order valence-electron chi connectivity index (χ1n) is 7.36. The third-order valence-corrected chi connectivity index (χ3v) is 4.06. The van der Waals surface area contributed by atoms with Crippen LogP contribution in [0.25, 0.3) is 0 Å². The Balaban J connectivity index is 1.56. The number of H-pyrrole nitrogens is 1. The van der Waals surface area contributed by atoms with Gasteiger partial charge in [0.2, 0.25) is 5.82 Å². The second-order valence-corrected chi connectivity index (χ2v) is 5.64. The molecule has 1 aromatic carbocycles. The van der Waals surface area contributed by atoms with Crippen LogP contribution < -0.4 is 10.6 Å². The zero-order chi connectivity index (χ0) is 14.2. The Morgan fingerprint density at radius 2 is 2.24 bits per heavy atom. The number of anilines is 1. The van der Waals surface area contributed by atoms with Crippen LogP contribution >= 0.6 is 0 Å². The Labute approximate surface area is 122 Å². The number of carbonyl (C=O) groups is 1. The number of hydrogen-bond donors (Lipinski definition) is 3. The molecule has 0 unspecified atom stereocenters. The van der Waals surface area contributed by atoms with E-state index in [1.165, 1.54) is 11.1 Å². The van der Waals surface area contributed by atoms with E-state index < -0.39 is 0 Å². The number of benzene rings is 1. The van der Waals surface area contributed by atoms with E-state index in [1.807, 2.05) is 12.1 Å². The Morgan fingerprint density at radius 1 is 1.33 bits per heavy atom. The fourth-order valence-electron chi connectivity index (χ4n) is 2.74. The van der Waals surface area contributed by atoms with Gasteiger partial charge in [0.15, 0.2) is 0 Å². The summed E-state index contributed by atoms with van der Waals surface area (Å²) in [7, 11) is 0. The van der Waals surface area contributed by atoms with Crippen LogP contribution in [0.4, 0.5) is 5.69 Å². The molecule has 1 aliphatic carbocycles. The van der Waals surface area contributed by atoms with Gasteiger partial charge in [-0.1, -0.05) is 12.1 Å². The predicted molar refractivity (Wildman–Crippen MR) is 78.2 cm³/mol. The van der Waals surface area contributed by atoms with Crippen LogP contribution in [0.15, 0.2) is 18.2 Å². The van der Waals surface area contributed by atoms with Crippen LogP contribution in [-0.4, -0.2) is 27.6 Å². The first-order chi connectivity index (χ1) is 10.3. The van der Waals surface area contributed by atoms with Crippen LogP contribution in [0.3, 0.4) is 0 Å². The van der Waals surface area contributed by atoms with Crippen molar-refractivity contribution < 1.29 is 4.79 Å². The number of nitrogens with one attached hydrogen (secondary N) is 3. The number of fused-ring (bicyclic) bond motifs is 1. The van der Waals surface area contributed by atoms with E-state index in [-0.39, 0.29) is 11.7 Å². The molecule has 1 aromatic heterocycles. The van der Waals surface area contributed by atoms with Gasteiger partial charge in [-0.15, -0.1) is 5.10 Å². The zero-order valence-electron chi connectivity index (χ0n) is 11.6. The van der Waals surface area contributed by atoms with Crippen LogP contribution in [-0.2, 0) is 13.0 Å². The van der Waals surface area contributed by atoms with Crippen molar-refractivity contribution in [1.82, 2.24) is 20.5 Å². The third-order valence-electron chi connectivity index (χ3n) is 4.06. The molecule has 0 radical (unpaired) electrons. The van der Waals surface area contributed by atoms with Gasteiger partial charge < -0.3 is 10.6 Å². The minimum Gasteiger partial charge on any atom is -0.319 e. The number of aromatic amines is 1. The normalized spacial score (nSPS) is 17.3. The van der Waals surface area contributed by atoms with Crippen LogP contribution in [0.2, 0.25) is 0 Å². The molecule has 0 bridgehead atoms. The predicted octanol–water partition coefficient (Wildman–Crippen LogP) is 1.58. The number of carbonyl (C=O) groups excluding carboxylic acids is 1. The second kappa shape index (κ2) is 4.96. The van der Waals surface area contributed by atoms with Gasteiger partial charge in [0.1, 0.15) is 5.82 Å². The molecule has 108 valence electrons. The summed E-state index contributed by atoms with van der Waals surface area (Å²) in [6, 6.07) is 6.00. The largest absolute Gasteiger partial charge is 0.319 e. The Bertz CT molecular complexity index is 689. The standard InChI is InChI=1S/C15H17N5O/c21-15(14-18-13(19-20-14)9-4-5-9)17-12-3-1-2-10-8-16-7-6-11(10)12/h1-3,9,16H,4-8H2,(H,17,21)(H,18,19,20). The molecule has 6 heteroatoms. The molecule has 1 saturated carbocycles. The van der Waals surface area contributed by atoms with E-state index >= 15 is 0 Å². The number of aromatic nitrogens is 3. The van der Waals surface area contributed by atoms with Gasteiger partial charge in [0.25, 0.3) is 5.91 Å². The smallest absolute Gasteiger partial charge is 0.295 e. The van der Waals surface area contributed by atoms with E-state index in [9.17, 15) is 4.79 Å². The number of rotatable bonds is 3. The third kappa shape index (κ3) is 2.42. The van der Waals surface area contributed by atoms with Crippen molar-refractivity contribution in [3.63, 3.8) is 0 Å². The topological polar surface area (TPSA) is 82.7 Å². The SMILES string of the molecule is O=C(Nc1cccc2c1CCNC2)c1n[nH]c(C2CC2)n1. The lowest BCUT2D eigenvalue weighted by molar-refractivity contribution is 0.101. The molecular formula is C15H17N5O. The minimum atomic E-state index is -0.245. The highest BCUT2D eigenvalue weighted by Crippen LogP contribution is 2.37. The summed E-state index contributed by atoms with van der Waals surface area (Å²) >= 11 is 0. The van der Waals surface area contributed by atoms with Crippen LogP contribution in [0, 0.1) is 0 Å². The van der Waals surface area contributed by atoms with Gasteiger partial charge in [-0.05, 0) is 43.0 Å². The maximum Gasteiger partial charge on any atom is 0.295 e. The lowest BCUT2D eigenvalue weighted by atomic mass is 9.99. The minimum absolute atomic E-state index is 0.225. The van der Waals surface area contributed by atoms with Gasteiger partial charge in [0, 0.05) is 18.2 Å². The molecule has 2 aliphatic rings. The molecule has 21 heavy (non-hydrogen) atoms. The summed E-state index contributed by atoms with van der Waals surface area (Å²) in [6.45, 7) is 1.79. The van der Waals surface area contributed by atoms with Crippen LogP contribution in [0.5, 0.6) is 0 Å². The molecule has 0 saturated heterocycles. The summed E-state index contributed by atoms with van der Waals surface area (Å²) in [6.07, 6.45) is 3.19. The Hall–Kier alpha value is -2.21. The number of nitrogens with zero attached hydrogens (tertiary/aromatic N) is 2. The highest BCUT2D eigenvalue weighted by Gasteiger charge is 2.28. The average molecular weight is 283 g/mol. The van der Waals surface area contributed by atoms with Crippen molar-refractivity contribution in [1.29, 1.82) is 0 Å². The number of hydrogen-bond acceptors (Lipinski definition) is 4. The van der Waals surface area contributed by atoms with Gasteiger partial charge in [0.05, 0.1) is 0 Å². The molecule has 2 aromatic rings. The van der Waals surface area contributed by atoms with Crippen molar-refractivity contribution in [2.45, 2.75) is 31.7 Å².